The molecule has 8 nitrogen and oxygen atoms in total. The van der Waals surface area contributed by atoms with Crippen LogP contribution in [-0.2, 0) is 9.31 Å². The van der Waals surface area contributed by atoms with Crippen molar-refractivity contribution < 1.29 is 14.4 Å². The van der Waals surface area contributed by atoms with Gasteiger partial charge in [0.15, 0.2) is 0 Å². The van der Waals surface area contributed by atoms with Gasteiger partial charge in [-0.25, -0.2) is 4.79 Å². The number of piperazine rings is 1. The minimum Gasteiger partial charge on any atom is -0.399 e. The van der Waals surface area contributed by atoms with Crippen molar-refractivity contribution in [2.45, 2.75) is 71.3 Å². The molecule has 5 rings (SSSR count). The molecule has 2 saturated heterocycles. The number of hydrogen-bond donors (Lipinski definition) is 1. The van der Waals surface area contributed by atoms with Gasteiger partial charge in [0.25, 0.3) is 0 Å². The van der Waals surface area contributed by atoms with Crippen LogP contribution in [0.2, 0.25) is 0 Å². The zero-order valence-corrected chi connectivity index (χ0v) is 24.0. The van der Waals surface area contributed by atoms with E-state index >= 15 is 0 Å². The van der Waals surface area contributed by atoms with Gasteiger partial charge in [0.05, 0.1) is 29.0 Å². The summed E-state index contributed by atoms with van der Waals surface area (Å²) in [6, 6.07) is 16.5. The molecule has 2 fully saturated rings. The van der Waals surface area contributed by atoms with Crippen molar-refractivity contribution in [3.8, 4) is 5.69 Å². The molecule has 0 radical (unpaired) electrons. The van der Waals surface area contributed by atoms with Gasteiger partial charge in [0.1, 0.15) is 0 Å². The highest BCUT2D eigenvalue weighted by molar-refractivity contribution is 6.62. The van der Waals surface area contributed by atoms with Crippen molar-refractivity contribution in [2.24, 2.45) is 0 Å². The lowest BCUT2D eigenvalue weighted by Crippen LogP contribution is -2.46. The van der Waals surface area contributed by atoms with Gasteiger partial charge in [-0.2, -0.15) is 0 Å². The molecule has 0 amide bonds. The van der Waals surface area contributed by atoms with Gasteiger partial charge < -0.3 is 24.2 Å². The molecular formula is C30H41BN4O4. The lowest BCUT2D eigenvalue weighted by molar-refractivity contribution is 0.00578. The van der Waals surface area contributed by atoms with E-state index in [1.807, 2.05) is 19.1 Å². The third kappa shape index (κ3) is 5.27. The minimum atomic E-state index is -0.585. The fourth-order valence-corrected chi connectivity index (χ4v) is 5.48. The Labute approximate surface area is 231 Å². The van der Waals surface area contributed by atoms with Crippen LogP contribution in [0.1, 0.15) is 54.0 Å². The van der Waals surface area contributed by atoms with Crippen LogP contribution in [0, 0.1) is 0 Å². The molecule has 2 aliphatic rings. The summed E-state index contributed by atoms with van der Waals surface area (Å²) in [6.07, 6.45) is 3.64. The summed E-state index contributed by atoms with van der Waals surface area (Å²) in [5, 5.41) is 10.0. The Hall–Kier alpha value is -3.01. The standard InChI is InChI=1S/C30H41BN4O4/c1-7-27(22(2)36)35-21-20-34(28(35)37)26-14-12-25(13-15-26)33-18-16-32(17-19-33)24-10-8-23(9-11-24)31-38-29(3,4)30(5,6)39-31/h8-15,20-22,27,36H,7,16-19H2,1-6H3. The monoisotopic (exact) mass is 532 g/mol. The van der Waals surface area contributed by atoms with Crippen molar-refractivity contribution in [3.63, 3.8) is 0 Å². The summed E-state index contributed by atoms with van der Waals surface area (Å²) < 4.78 is 15.7. The first-order valence-corrected chi connectivity index (χ1v) is 14.0. The third-order valence-corrected chi connectivity index (χ3v) is 8.69. The number of imidazole rings is 1. The smallest absolute Gasteiger partial charge is 0.399 e. The van der Waals surface area contributed by atoms with Gasteiger partial charge in [-0.3, -0.25) is 9.13 Å². The number of hydrogen-bond acceptors (Lipinski definition) is 6. The highest BCUT2D eigenvalue weighted by atomic mass is 16.7. The molecule has 0 bridgehead atoms. The first-order chi connectivity index (χ1) is 18.5. The summed E-state index contributed by atoms with van der Waals surface area (Å²) in [6.45, 7) is 15.7. The molecule has 2 atom stereocenters. The molecule has 2 aliphatic heterocycles. The Balaban J connectivity index is 1.20. The van der Waals surface area contributed by atoms with Crippen LogP contribution in [-0.4, -0.2) is 64.8 Å². The summed E-state index contributed by atoms with van der Waals surface area (Å²) in [7, 11) is -0.343. The SMILES string of the molecule is CCC(C(C)O)n1ccn(-c2ccc(N3CCN(c4ccc(B5OC(C)(C)C(C)(C)O5)cc4)CC3)cc2)c1=O. The normalized spacial score (nSPS) is 20.3. The number of aromatic nitrogens is 2. The summed E-state index contributed by atoms with van der Waals surface area (Å²) >= 11 is 0. The molecule has 0 saturated carbocycles. The van der Waals surface area contributed by atoms with Crippen molar-refractivity contribution >= 4 is 24.0 Å². The Bertz CT molecular complexity index is 1310. The first-order valence-electron chi connectivity index (χ1n) is 14.0. The highest BCUT2D eigenvalue weighted by Crippen LogP contribution is 2.36. The van der Waals surface area contributed by atoms with Gasteiger partial charge in [-0.15, -0.1) is 0 Å². The molecule has 39 heavy (non-hydrogen) atoms. The Morgan fingerprint density at radius 2 is 1.28 bits per heavy atom. The Morgan fingerprint density at radius 1 is 0.821 bits per heavy atom. The highest BCUT2D eigenvalue weighted by Gasteiger charge is 2.51. The van der Waals surface area contributed by atoms with Crippen LogP contribution in [0.3, 0.4) is 0 Å². The van der Waals surface area contributed by atoms with Crippen LogP contribution in [0.15, 0.2) is 65.7 Å². The maximum atomic E-state index is 13.0. The molecule has 1 aromatic heterocycles. The Morgan fingerprint density at radius 3 is 1.74 bits per heavy atom. The van der Waals surface area contributed by atoms with E-state index in [1.165, 1.54) is 5.69 Å². The average Bonchev–Trinajstić information content (AvgIpc) is 3.39. The summed E-state index contributed by atoms with van der Waals surface area (Å²) in [4.78, 5) is 17.8. The minimum absolute atomic E-state index is 0.131. The van der Waals surface area contributed by atoms with Crippen molar-refractivity contribution in [1.29, 1.82) is 0 Å². The molecule has 3 heterocycles. The van der Waals surface area contributed by atoms with Crippen molar-refractivity contribution in [1.82, 2.24) is 9.13 Å². The van der Waals surface area contributed by atoms with E-state index in [0.29, 0.717) is 6.42 Å². The van der Waals surface area contributed by atoms with Crippen LogP contribution >= 0.6 is 0 Å². The average molecular weight is 532 g/mol. The maximum absolute atomic E-state index is 13.0. The number of benzene rings is 2. The van der Waals surface area contributed by atoms with E-state index < -0.39 is 6.10 Å². The number of nitrogens with zero attached hydrogens (tertiary/aromatic N) is 4. The molecule has 3 aromatic rings. The molecular weight excluding hydrogens is 491 g/mol. The summed E-state index contributed by atoms with van der Waals surface area (Å²) in [5.41, 5.74) is 3.40. The van der Waals surface area contributed by atoms with Gasteiger partial charge in [0, 0.05) is 49.9 Å². The second-order valence-corrected chi connectivity index (χ2v) is 11.7. The number of rotatable bonds is 7. The molecule has 9 heteroatoms. The number of aliphatic hydroxyl groups is 1. The fourth-order valence-electron chi connectivity index (χ4n) is 5.48. The van der Waals surface area contributed by atoms with Crippen LogP contribution in [0.5, 0.6) is 0 Å². The predicted molar refractivity (Wildman–Crippen MR) is 158 cm³/mol. The van der Waals surface area contributed by atoms with E-state index in [-0.39, 0.29) is 30.1 Å². The first kappa shape index (κ1) is 27.6. The van der Waals surface area contributed by atoms with E-state index in [9.17, 15) is 9.90 Å². The largest absolute Gasteiger partial charge is 0.494 e. The molecule has 0 spiro atoms. The van der Waals surface area contributed by atoms with E-state index in [0.717, 1.165) is 43.0 Å². The van der Waals surface area contributed by atoms with E-state index in [4.69, 9.17) is 9.31 Å². The molecule has 0 aliphatic carbocycles. The topological polar surface area (TPSA) is 72.1 Å². The number of anilines is 2. The zero-order chi connectivity index (χ0) is 27.9. The maximum Gasteiger partial charge on any atom is 0.494 e. The van der Waals surface area contributed by atoms with Crippen molar-refractivity contribution in [3.05, 3.63) is 71.4 Å². The summed E-state index contributed by atoms with van der Waals surface area (Å²) in [5.74, 6) is 0. The fraction of sp³-hybridized carbons (Fsp3) is 0.500. The predicted octanol–water partition coefficient (Wildman–Crippen LogP) is 3.60. The molecule has 2 unspecified atom stereocenters. The quantitative estimate of drug-likeness (QED) is 0.469. The zero-order valence-electron chi connectivity index (χ0n) is 24.0. The van der Waals surface area contributed by atoms with Crippen LogP contribution < -0.4 is 21.0 Å². The molecule has 208 valence electrons. The van der Waals surface area contributed by atoms with Gasteiger partial charge >= 0.3 is 12.8 Å². The van der Waals surface area contributed by atoms with E-state index in [2.05, 4.69) is 73.9 Å². The van der Waals surface area contributed by atoms with Gasteiger partial charge in [-0.1, -0.05) is 19.1 Å². The van der Waals surface area contributed by atoms with Crippen LogP contribution in [0.4, 0.5) is 11.4 Å². The lowest BCUT2D eigenvalue weighted by atomic mass is 9.79. The van der Waals surface area contributed by atoms with Gasteiger partial charge in [-0.05, 0) is 82.9 Å². The second kappa shape index (κ2) is 10.5. The number of aliphatic hydroxyl groups excluding tert-OH is 1. The third-order valence-electron chi connectivity index (χ3n) is 8.69. The van der Waals surface area contributed by atoms with Crippen LogP contribution in [0.25, 0.3) is 5.69 Å². The molecule has 2 aromatic carbocycles. The van der Waals surface area contributed by atoms with E-state index in [1.54, 1.807) is 28.5 Å². The Kier molecular flexibility index (Phi) is 7.44. The second-order valence-electron chi connectivity index (χ2n) is 11.7. The molecule has 1 N–H and O–H groups in total. The van der Waals surface area contributed by atoms with Crippen molar-refractivity contribution in [2.75, 3.05) is 36.0 Å². The lowest BCUT2D eigenvalue weighted by Gasteiger charge is -2.37. The van der Waals surface area contributed by atoms with Gasteiger partial charge in [0.2, 0.25) is 0 Å².